The lowest BCUT2D eigenvalue weighted by Gasteiger charge is -2.23. The van der Waals surface area contributed by atoms with E-state index in [1.54, 1.807) is 24.5 Å². The Labute approximate surface area is 157 Å². The molecule has 0 atom stereocenters. The highest BCUT2D eigenvalue weighted by Crippen LogP contribution is 2.18. The van der Waals surface area contributed by atoms with Gasteiger partial charge in [-0.15, -0.1) is 23.2 Å². The van der Waals surface area contributed by atoms with Gasteiger partial charge < -0.3 is 4.90 Å². The fourth-order valence-electron chi connectivity index (χ4n) is 2.30. The Kier molecular flexibility index (Phi) is 7.70. The first-order valence-corrected chi connectivity index (χ1v) is 8.93. The molecule has 0 fully saturated rings. The highest BCUT2D eigenvalue weighted by molar-refractivity contribution is 6.18. The summed E-state index contributed by atoms with van der Waals surface area (Å²) in [5.41, 5.74) is 6.00. The van der Waals surface area contributed by atoms with Crippen molar-refractivity contribution in [2.75, 3.05) is 29.7 Å². The first-order valence-electron chi connectivity index (χ1n) is 7.86. The number of hydrogen-bond acceptors (Lipinski definition) is 4. The minimum atomic E-state index is -0.297. The zero-order valence-corrected chi connectivity index (χ0v) is 15.5. The topological polar surface area (TPSA) is 57.6 Å². The predicted molar refractivity (Wildman–Crippen MR) is 104 cm³/mol. The standard InChI is InChI=1S/C18H20Cl2N4O/c1-14-11-17(24(9-6-19)10-7-20)5-4-15(14)13-22-23-18(25)16-3-2-8-21-12-16/h2-5,8,11-13H,6-7,9-10H2,1H3,(H,23,25)/b22-13+. The van der Waals surface area contributed by atoms with E-state index >= 15 is 0 Å². The molecule has 1 aromatic carbocycles. The highest BCUT2D eigenvalue weighted by atomic mass is 35.5. The first kappa shape index (κ1) is 19.2. The zero-order valence-electron chi connectivity index (χ0n) is 14.0. The van der Waals surface area contributed by atoms with E-state index in [1.807, 2.05) is 19.1 Å². The van der Waals surface area contributed by atoms with Crippen LogP contribution < -0.4 is 10.3 Å². The highest BCUT2D eigenvalue weighted by Gasteiger charge is 2.07. The van der Waals surface area contributed by atoms with Gasteiger partial charge >= 0.3 is 0 Å². The van der Waals surface area contributed by atoms with Crippen molar-refractivity contribution < 1.29 is 4.79 Å². The molecule has 1 aromatic heterocycles. The van der Waals surface area contributed by atoms with Crippen LogP contribution >= 0.6 is 23.2 Å². The molecule has 1 heterocycles. The molecule has 25 heavy (non-hydrogen) atoms. The summed E-state index contributed by atoms with van der Waals surface area (Å²) in [7, 11) is 0. The van der Waals surface area contributed by atoms with Crippen LogP contribution in [0, 0.1) is 6.92 Å². The van der Waals surface area contributed by atoms with Gasteiger partial charge in [0.2, 0.25) is 0 Å². The minimum absolute atomic E-state index is 0.297. The molecule has 0 saturated carbocycles. The van der Waals surface area contributed by atoms with Crippen LogP contribution in [-0.4, -0.2) is 42.0 Å². The van der Waals surface area contributed by atoms with E-state index in [1.165, 1.54) is 6.20 Å². The number of alkyl halides is 2. The van der Waals surface area contributed by atoms with Gasteiger partial charge in [-0.25, -0.2) is 5.43 Å². The number of rotatable bonds is 8. The van der Waals surface area contributed by atoms with Crippen molar-refractivity contribution >= 4 is 41.0 Å². The third-order valence-electron chi connectivity index (χ3n) is 3.62. The van der Waals surface area contributed by atoms with Crippen molar-refractivity contribution in [3.05, 3.63) is 59.4 Å². The molecule has 0 radical (unpaired) electrons. The van der Waals surface area contributed by atoms with E-state index in [9.17, 15) is 4.79 Å². The summed E-state index contributed by atoms with van der Waals surface area (Å²) in [6, 6.07) is 9.40. The molecular formula is C18H20Cl2N4O. The Morgan fingerprint density at radius 2 is 2.04 bits per heavy atom. The molecule has 5 nitrogen and oxygen atoms in total. The maximum atomic E-state index is 11.9. The average molecular weight is 379 g/mol. The fourth-order valence-corrected chi connectivity index (χ4v) is 2.71. The second-order valence-electron chi connectivity index (χ2n) is 5.35. The normalized spacial score (nSPS) is 10.8. The molecule has 2 rings (SSSR count). The van der Waals surface area contributed by atoms with Crippen molar-refractivity contribution in [1.82, 2.24) is 10.4 Å². The number of aryl methyl sites for hydroxylation is 1. The number of hydrogen-bond donors (Lipinski definition) is 1. The summed E-state index contributed by atoms with van der Waals surface area (Å²) < 4.78 is 0. The molecule has 0 aliphatic carbocycles. The number of aromatic nitrogens is 1. The van der Waals surface area contributed by atoms with Crippen molar-refractivity contribution in [1.29, 1.82) is 0 Å². The number of carbonyl (C=O) groups excluding carboxylic acids is 1. The second-order valence-corrected chi connectivity index (χ2v) is 6.10. The van der Waals surface area contributed by atoms with Gasteiger partial charge in [0.25, 0.3) is 5.91 Å². The molecule has 0 unspecified atom stereocenters. The van der Waals surface area contributed by atoms with Crippen LogP contribution in [0.3, 0.4) is 0 Å². The van der Waals surface area contributed by atoms with E-state index in [0.29, 0.717) is 17.3 Å². The number of amides is 1. The minimum Gasteiger partial charge on any atom is -0.369 e. The fraction of sp³-hybridized carbons (Fsp3) is 0.278. The van der Waals surface area contributed by atoms with E-state index < -0.39 is 0 Å². The van der Waals surface area contributed by atoms with Gasteiger partial charge in [0.05, 0.1) is 11.8 Å². The molecule has 0 aliphatic rings. The molecule has 2 aromatic rings. The Morgan fingerprint density at radius 1 is 1.28 bits per heavy atom. The molecule has 1 N–H and O–H groups in total. The molecule has 132 valence electrons. The molecule has 0 saturated heterocycles. The quantitative estimate of drug-likeness (QED) is 0.434. The van der Waals surface area contributed by atoms with Crippen molar-refractivity contribution in [3.63, 3.8) is 0 Å². The number of hydrazone groups is 1. The first-order chi connectivity index (χ1) is 12.2. The van der Waals surface area contributed by atoms with Crippen LogP contribution in [0.2, 0.25) is 0 Å². The molecular weight excluding hydrogens is 359 g/mol. The number of pyridine rings is 1. The maximum Gasteiger partial charge on any atom is 0.272 e. The number of halogens is 2. The van der Waals surface area contributed by atoms with Crippen LogP contribution in [0.5, 0.6) is 0 Å². The summed E-state index contributed by atoms with van der Waals surface area (Å²) in [6.45, 7) is 3.47. The Balaban J connectivity index is 2.04. The Morgan fingerprint density at radius 3 is 2.64 bits per heavy atom. The summed E-state index contributed by atoms with van der Waals surface area (Å²) in [6.07, 6.45) is 4.73. The lowest BCUT2D eigenvalue weighted by Crippen LogP contribution is -2.27. The Bertz CT molecular complexity index is 716. The smallest absolute Gasteiger partial charge is 0.272 e. The maximum absolute atomic E-state index is 11.9. The molecule has 0 spiro atoms. The van der Waals surface area contributed by atoms with Crippen LogP contribution in [0.1, 0.15) is 21.5 Å². The van der Waals surface area contributed by atoms with Gasteiger partial charge in [0, 0.05) is 42.9 Å². The van der Waals surface area contributed by atoms with Crippen LogP contribution in [0.25, 0.3) is 0 Å². The lowest BCUT2D eigenvalue weighted by molar-refractivity contribution is 0.0955. The van der Waals surface area contributed by atoms with E-state index in [2.05, 4.69) is 26.5 Å². The summed E-state index contributed by atoms with van der Waals surface area (Å²) in [5.74, 6) is 0.785. The van der Waals surface area contributed by atoms with Crippen LogP contribution in [-0.2, 0) is 0 Å². The molecule has 0 aliphatic heterocycles. The monoisotopic (exact) mass is 378 g/mol. The third kappa shape index (κ3) is 5.73. The number of anilines is 1. The van der Waals surface area contributed by atoms with Gasteiger partial charge in [-0.2, -0.15) is 5.10 Å². The SMILES string of the molecule is Cc1cc(N(CCCl)CCCl)ccc1/C=N/NC(=O)c1cccnc1. The van der Waals surface area contributed by atoms with Gasteiger partial charge in [0.1, 0.15) is 0 Å². The molecule has 7 heteroatoms. The predicted octanol–water partition coefficient (Wildman–Crippen LogP) is 3.44. The number of benzene rings is 1. The third-order valence-corrected chi connectivity index (χ3v) is 3.96. The number of nitrogens with one attached hydrogen (secondary N) is 1. The number of nitrogens with zero attached hydrogens (tertiary/aromatic N) is 3. The molecule has 1 amide bonds. The van der Waals surface area contributed by atoms with E-state index in [4.69, 9.17) is 23.2 Å². The largest absolute Gasteiger partial charge is 0.369 e. The average Bonchev–Trinajstić information content (AvgIpc) is 2.63. The molecule has 0 bridgehead atoms. The van der Waals surface area contributed by atoms with E-state index in [-0.39, 0.29) is 5.91 Å². The second kappa shape index (κ2) is 10.0. The Hall–Kier alpha value is -2.11. The van der Waals surface area contributed by atoms with Crippen molar-refractivity contribution in [2.24, 2.45) is 5.10 Å². The van der Waals surface area contributed by atoms with Crippen LogP contribution in [0.15, 0.2) is 47.8 Å². The van der Waals surface area contributed by atoms with Gasteiger partial charge in [0.15, 0.2) is 0 Å². The zero-order chi connectivity index (χ0) is 18.1. The summed E-state index contributed by atoms with van der Waals surface area (Å²) >= 11 is 11.7. The lowest BCUT2D eigenvalue weighted by atomic mass is 10.1. The number of carbonyl (C=O) groups is 1. The van der Waals surface area contributed by atoms with E-state index in [0.717, 1.165) is 29.9 Å². The van der Waals surface area contributed by atoms with Gasteiger partial charge in [-0.1, -0.05) is 6.07 Å². The van der Waals surface area contributed by atoms with Gasteiger partial charge in [-0.05, 0) is 42.3 Å². The van der Waals surface area contributed by atoms with Crippen molar-refractivity contribution in [3.8, 4) is 0 Å². The van der Waals surface area contributed by atoms with Crippen molar-refractivity contribution in [2.45, 2.75) is 6.92 Å². The summed E-state index contributed by atoms with van der Waals surface area (Å²) in [5, 5.41) is 4.02. The van der Waals surface area contributed by atoms with Crippen LogP contribution in [0.4, 0.5) is 5.69 Å². The van der Waals surface area contributed by atoms with Gasteiger partial charge in [-0.3, -0.25) is 9.78 Å². The summed E-state index contributed by atoms with van der Waals surface area (Å²) in [4.78, 5) is 18.0.